The maximum Gasteiger partial charge on any atom is 0.314 e. The van der Waals surface area contributed by atoms with E-state index < -0.39 is 17.9 Å². The van der Waals surface area contributed by atoms with Crippen LogP contribution in [-0.4, -0.2) is 54.9 Å². The molecule has 0 radical (unpaired) electrons. The number of carbonyl (C=O) groups is 3. The number of carbonyl (C=O) groups excluding carboxylic acids is 3. The Kier molecular flexibility index (Phi) is 5.42. The Morgan fingerprint density at radius 1 is 1.23 bits per heavy atom. The van der Waals surface area contributed by atoms with Gasteiger partial charge >= 0.3 is 11.8 Å². The molecule has 1 unspecified atom stereocenters. The Morgan fingerprint density at radius 2 is 2.03 bits per heavy atom. The van der Waals surface area contributed by atoms with Gasteiger partial charge in [-0.1, -0.05) is 11.6 Å². The predicted molar refractivity (Wildman–Crippen MR) is 112 cm³/mol. The Balaban J connectivity index is 1.37. The van der Waals surface area contributed by atoms with E-state index >= 15 is 0 Å². The molecule has 0 saturated carbocycles. The minimum atomic E-state index is -0.931. The van der Waals surface area contributed by atoms with Crippen molar-refractivity contribution in [2.75, 3.05) is 16.8 Å². The van der Waals surface area contributed by atoms with Crippen molar-refractivity contribution >= 4 is 41.0 Å². The second-order valence-electron chi connectivity index (χ2n) is 6.98. The molecule has 0 spiro atoms. The van der Waals surface area contributed by atoms with Crippen LogP contribution < -0.4 is 15.5 Å². The van der Waals surface area contributed by atoms with Gasteiger partial charge in [0.05, 0.1) is 10.7 Å². The first kappa shape index (κ1) is 20.5. The fraction of sp³-hybridized carbons (Fsp3) is 0.263. The van der Waals surface area contributed by atoms with Gasteiger partial charge in [-0.2, -0.15) is 5.10 Å². The van der Waals surface area contributed by atoms with Crippen LogP contribution in [0.4, 0.5) is 11.6 Å². The first-order valence-electron chi connectivity index (χ1n) is 9.44. The van der Waals surface area contributed by atoms with Crippen molar-refractivity contribution in [1.29, 1.82) is 0 Å². The zero-order chi connectivity index (χ0) is 22.1. The molecule has 0 bridgehead atoms. The number of anilines is 2. The van der Waals surface area contributed by atoms with Gasteiger partial charge < -0.3 is 10.6 Å². The number of hydrogen-bond donors (Lipinski definition) is 2. The lowest BCUT2D eigenvalue weighted by atomic mass is 10.2. The highest BCUT2D eigenvalue weighted by Crippen LogP contribution is 2.22. The molecule has 0 aromatic carbocycles. The molecule has 1 atom stereocenters. The summed E-state index contributed by atoms with van der Waals surface area (Å²) in [4.78, 5) is 42.9. The van der Waals surface area contributed by atoms with Gasteiger partial charge in [-0.3, -0.25) is 24.0 Å². The zero-order valence-electron chi connectivity index (χ0n) is 16.7. The van der Waals surface area contributed by atoms with E-state index in [1.165, 1.54) is 10.7 Å². The third kappa shape index (κ3) is 4.12. The Morgan fingerprint density at radius 3 is 2.74 bits per heavy atom. The first-order valence-corrected chi connectivity index (χ1v) is 9.81. The van der Waals surface area contributed by atoms with Gasteiger partial charge in [-0.15, -0.1) is 5.10 Å². The lowest BCUT2D eigenvalue weighted by Gasteiger charge is -2.16. The molecule has 11 nitrogen and oxygen atoms in total. The molecule has 2 N–H and O–H groups in total. The van der Waals surface area contributed by atoms with E-state index in [1.807, 2.05) is 6.92 Å². The summed E-state index contributed by atoms with van der Waals surface area (Å²) in [6, 6.07) is 5.84. The van der Waals surface area contributed by atoms with Gasteiger partial charge in [0.1, 0.15) is 11.9 Å². The molecule has 4 rings (SSSR count). The highest BCUT2D eigenvalue weighted by molar-refractivity contribution is 6.40. The summed E-state index contributed by atoms with van der Waals surface area (Å²) in [5, 5.41) is 13.6. The first-order chi connectivity index (χ1) is 14.8. The summed E-state index contributed by atoms with van der Waals surface area (Å²) in [6.45, 7) is 2.25. The van der Waals surface area contributed by atoms with Crippen LogP contribution in [0.25, 0.3) is 5.82 Å². The summed E-state index contributed by atoms with van der Waals surface area (Å²) in [6.07, 6.45) is 3.49. The maximum atomic E-state index is 12.7. The standard InChI is InChI=1S/C19H19ClN8O3/c1-11-10-15(26(2)24-11)27-8-5-13(19(27)31)22-17(29)18(30)23-14-6-9-28(25-14)16-12(20)4-3-7-21-16/h3-4,6-7,9-10,13H,5,8H2,1-2H3,(H,22,29)(H,23,25,30). The van der Waals surface area contributed by atoms with E-state index in [0.717, 1.165) is 5.69 Å². The molecular weight excluding hydrogens is 424 g/mol. The smallest absolute Gasteiger partial charge is 0.314 e. The second kappa shape index (κ2) is 8.19. The number of hydrogen-bond acceptors (Lipinski definition) is 6. The van der Waals surface area contributed by atoms with Gasteiger partial charge in [0, 0.05) is 38.1 Å². The molecule has 1 fully saturated rings. The van der Waals surface area contributed by atoms with Crippen molar-refractivity contribution in [1.82, 2.24) is 29.9 Å². The van der Waals surface area contributed by atoms with Crippen LogP contribution in [0, 0.1) is 6.92 Å². The Hall–Kier alpha value is -3.73. The molecule has 1 aliphatic heterocycles. The van der Waals surface area contributed by atoms with Crippen molar-refractivity contribution in [3.05, 3.63) is 47.4 Å². The Labute approximate surface area is 182 Å². The van der Waals surface area contributed by atoms with Crippen LogP contribution in [0.2, 0.25) is 5.02 Å². The molecule has 0 aliphatic carbocycles. The fourth-order valence-corrected chi connectivity index (χ4v) is 3.55. The molecule has 3 aromatic rings. The Bertz CT molecular complexity index is 1170. The topological polar surface area (TPSA) is 127 Å². The van der Waals surface area contributed by atoms with Crippen LogP contribution >= 0.6 is 11.6 Å². The van der Waals surface area contributed by atoms with Crippen molar-refractivity contribution < 1.29 is 14.4 Å². The normalized spacial score (nSPS) is 15.9. The molecule has 1 aliphatic rings. The molecule has 1 saturated heterocycles. The van der Waals surface area contributed by atoms with Gasteiger partial charge in [-0.05, 0) is 25.5 Å². The lowest BCUT2D eigenvalue weighted by molar-refractivity contribution is -0.137. The molecule has 3 aromatic heterocycles. The van der Waals surface area contributed by atoms with E-state index in [0.29, 0.717) is 29.6 Å². The highest BCUT2D eigenvalue weighted by atomic mass is 35.5. The van der Waals surface area contributed by atoms with Crippen LogP contribution in [0.3, 0.4) is 0 Å². The predicted octanol–water partition coefficient (Wildman–Crippen LogP) is 0.823. The fourth-order valence-electron chi connectivity index (χ4n) is 3.34. The van der Waals surface area contributed by atoms with Crippen molar-refractivity contribution in [2.45, 2.75) is 19.4 Å². The van der Waals surface area contributed by atoms with Gasteiger partial charge in [0.15, 0.2) is 11.6 Å². The van der Waals surface area contributed by atoms with Crippen LogP contribution in [0.15, 0.2) is 36.7 Å². The van der Waals surface area contributed by atoms with Crippen molar-refractivity contribution in [3.63, 3.8) is 0 Å². The van der Waals surface area contributed by atoms with Gasteiger partial charge in [-0.25, -0.2) is 9.67 Å². The molecule has 3 amide bonds. The van der Waals surface area contributed by atoms with E-state index in [1.54, 1.807) is 47.2 Å². The number of aryl methyl sites for hydroxylation is 2. The summed E-state index contributed by atoms with van der Waals surface area (Å²) in [5.41, 5.74) is 0.781. The number of nitrogens with zero attached hydrogens (tertiary/aromatic N) is 6. The molecule has 4 heterocycles. The second-order valence-corrected chi connectivity index (χ2v) is 7.39. The number of rotatable bonds is 4. The number of pyridine rings is 1. The van der Waals surface area contributed by atoms with Gasteiger partial charge in [0.2, 0.25) is 0 Å². The minimum Gasteiger partial charge on any atom is -0.336 e. The molecule has 12 heteroatoms. The molecule has 160 valence electrons. The number of amides is 3. The third-order valence-electron chi connectivity index (χ3n) is 4.76. The minimum absolute atomic E-state index is 0.145. The van der Waals surface area contributed by atoms with Gasteiger partial charge in [0.25, 0.3) is 5.91 Å². The summed E-state index contributed by atoms with van der Waals surface area (Å²) >= 11 is 6.08. The number of aromatic nitrogens is 5. The van der Waals surface area contributed by atoms with E-state index in [2.05, 4.69) is 25.8 Å². The number of nitrogens with one attached hydrogen (secondary N) is 2. The van der Waals surface area contributed by atoms with Crippen LogP contribution in [0.1, 0.15) is 12.1 Å². The van der Waals surface area contributed by atoms with Crippen LogP contribution in [0.5, 0.6) is 0 Å². The van der Waals surface area contributed by atoms with E-state index in [-0.39, 0.29) is 11.7 Å². The monoisotopic (exact) mass is 442 g/mol. The average Bonchev–Trinajstić information content (AvgIpc) is 3.42. The summed E-state index contributed by atoms with van der Waals surface area (Å²) in [5.74, 6) is -0.977. The molecular formula is C19H19ClN8O3. The maximum absolute atomic E-state index is 12.7. The average molecular weight is 443 g/mol. The number of halogens is 1. The van der Waals surface area contributed by atoms with Crippen molar-refractivity contribution in [3.8, 4) is 5.82 Å². The van der Waals surface area contributed by atoms with Crippen molar-refractivity contribution in [2.24, 2.45) is 7.05 Å². The van der Waals surface area contributed by atoms with Crippen LogP contribution in [-0.2, 0) is 21.4 Å². The third-order valence-corrected chi connectivity index (χ3v) is 5.05. The SMILES string of the molecule is Cc1cc(N2CCC(NC(=O)C(=O)Nc3ccn(-c4ncccc4Cl)n3)C2=O)n(C)n1. The largest absolute Gasteiger partial charge is 0.336 e. The quantitative estimate of drug-likeness (QED) is 0.576. The zero-order valence-corrected chi connectivity index (χ0v) is 17.5. The summed E-state index contributed by atoms with van der Waals surface area (Å²) < 4.78 is 2.98. The highest BCUT2D eigenvalue weighted by Gasteiger charge is 2.36. The van der Waals surface area contributed by atoms with E-state index in [4.69, 9.17) is 11.6 Å². The lowest BCUT2D eigenvalue weighted by Crippen LogP contribution is -2.46. The van der Waals surface area contributed by atoms with E-state index in [9.17, 15) is 14.4 Å². The summed E-state index contributed by atoms with van der Waals surface area (Å²) in [7, 11) is 1.74. The molecule has 31 heavy (non-hydrogen) atoms.